The first-order chi connectivity index (χ1) is 15.7. The van der Waals surface area contributed by atoms with Crippen molar-refractivity contribution in [3.05, 3.63) is 59.9 Å². The molecule has 2 aromatic rings. The van der Waals surface area contributed by atoms with Gasteiger partial charge in [0, 0.05) is 43.8 Å². The highest BCUT2D eigenvalue weighted by Gasteiger charge is 2.40. The number of anilines is 1. The van der Waals surface area contributed by atoms with Gasteiger partial charge in [0.2, 0.25) is 5.91 Å². The number of carbonyl (C=O) groups is 1. The van der Waals surface area contributed by atoms with E-state index in [9.17, 15) is 4.79 Å². The third kappa shape index (κ3) is 4.54. The third-order valence-corrected chi connectivity index (χ3v) is 7.91. The quantitative estimate of drug-likeness (QED) is 0.701. The molecule has 0 radical (unpaired) electrons. The van der Waals surface area contributed by atoms with E-state index in [1.54, 1.807) is 0 Å². The Balaban J connectivity index is 1.24. The second-order valence-electron chi connectivity index (χ2n) is 9.93. The van der Waals surface area contributed by atoms with Crippen LogP contribution in [0.3, 0.4) is 0 Å². The predicted octanol–water partition coefficient (Wildman–Crippen LogP) is 4.48. The molecule has 1 aliphatic carbocycles. The highest BCUT2D eigenvalue weighted by atomic mass is 16.1. The van der Waals surface area contributed by atoms with Crippen LogP contribution in [0.1, 0.15) is 62.1 Å². The zero-order chi connectivity index (χ0) is 21.9. The molecule has 3 heterocycles. The molecule has 2 bridgehead atoms. The van der Waals surface area contributed by atoms with E-state index in [0.717, 1.165) is 38.9 Å². The van der Waals surface area contributed by atoms with Crippen molar-refractivity contribution in [2.24, 2.45) is 5.92 Å². The second-order valence-corrected chi connectivity index (χ2v) is 9.93. The van der Waals surface area contributed by atoms with Gasteiger partial charge in [-0.05, 0) is 56.2 Å². The number of hydrogen-bond acceptors (Lipinski definition) is 4. The summed E-state index contributed by atoms with van der Waals surface area (Å²) in [5, 5.41) is 3.42. The normalized spacial score (nSPS) is 24.6. The van der Waals surface area contributed by atoms with Crippen LogP contribution < -0.4 is 10.2 Å². The van der Waals surface area contributed by atoms with Gasteiger partial charge in [-0.1, -0.05) is 43.2 Å². The first kappa shape index (κ1) is 21.4. The van der Waals surface area contributed by atoms with Gasteiger partial charge in [0.15, 0.2) is 0 Å². The van der Waals surface area contributed by atoms with Crippen molar-refractivity contribution in [2.75, 3.05) is 24.5 Å². The van der Waals surface area contributed by atoms with Gasteiger partial charge in [-0.25, -0.2) is 0 Å². The minimum atomic E-state index is 0.0993. The SMILES string of the molecule is Cc1ccncc1N1C[C@H]2CC[C@@H](C1)N2CC[C@H](NC(=O)C1CCCC1)c1ccccc1. The molecule has 32 heavy (non-hydrogen) atoms. The zero-order valence-electron chi connectivity index (χ0n) is 19.2. The van der Waals surface area contributed by atoms with Crippen LogP contribution >= 0.6 is 0 Å². The van der Waals surface area contributed by atoms with Gasteiger partial charge in [0.25, 0.3) is 0 Å². The summed E-state index contributed by atoms with van der Waals surface area (Å²) in [7, 11) is 0. The fourth-order valence-corrected chi connectivity index (χ4v) is 6.10. The van der Waals surface area contributed by atoms with E-state index in [0.29, 0.717) is 12.1 Å². The maximum Gasteiger partial charge on any atom is 0.223 e. The number of nitrogens with zero attached hydrogens (tertiary/aromatic N) is 3. The number of fused-ring (bicyclic) bond motifs is 2. The number of aryl methyl sites for hydroxylation is 1. The summed E-state index contributed by atoms with van der Waals surface area (Å²) in [4.78, 5) is 22.5. The smallest absolute Gasteiger partial charge is 0.223 e. The molecular weight excluding hydrogens is 396 g/mol. The number of aromatic nitrogens is 1. The number of nitrogens with one attached hydrogen (secondary N) is 1. The molecule has 0 unspecified atom stereocenters. The highest BCUT2D eigenvalue weighted by Crippen LogP contribution is 2.34. The van der Waals surface area contributed by atoms with Crippen molar-refractivity contribution in [2.45, 2.75) is 70.0 Å². The van der Waals surface area contributed by atoms with Crippen LogP contribution in [0.15, 0.2) is 48.8 Å². The van der Waals surface area contributed by atoms with E-state index >= 15 is 0 Å². The van der Waals surface area contributed by atoms with Crippen molar-refractivity contribution in [3.63, 3.8) is 0 Å². The fourth-order valence-electron chi connectivity index (χ4n) is 6.10. The highest BCUT2D eigenvalue weighted by molar-refractivity contribution is 5.79. The molecule has 5 nitrogen and oxygen atoms in total. The Morgan fingerprint density at radius 1 is 1.06 bits per heavy atom. The molecule has 3 fully saturated rings. The lowest BCUT2D eigenvalue weighted by molar-refractivity contribution is -0.125. The molecule has 5 rings (SSSR count). The Labute approximate surface area is 192 Å². The van der Waals surface area contributed by atoms with Gasteiger partial charge in [-0.3, -0.25) is 14.7 Å². The van der Waals surface area contributed by atoms with Crippen molar-refractivity contribution in [1.29, 1.82) is 0 Å². The summed E-state index contributed by atoms with van der Waals surface area (Å²) in [5.74, 6) is 0.472. The molecule has 170 valence electrons. The summed E-state index contributed by atoms with van der Waals surface area (Å²) >= 11 is 0. The summed E-state index contributed by atoms with van der Waals surface area (Å²) < 4.78 is 0. The number of rotatable bonds is 7. The molecular formula is C27H36N4O. The first-order valence-electron chi connectivity index (χ1n) is 12.5. The van der Waals surface area contributed by atoms with Crippen LogP contribution in [0.2, 0.25) is 0 Å². The second kappa shape index (κ2) is 9.62. The molecule has 1 N–H and O–H groups in total. The zero-order valence-corrected chi connectivity index (χ0v) is 19.2. The van der Waals surface area contributed by atoms with E-state index < -0.39 is 0 Å². The predicted molar refractivity (Wildman–Crippen MR) is 129 cm³/mol. The summed E-state index contributed by atoms with van der Waals surface area (Å²) in [6, 6.07) is 14.0. The van der Waals surface area contributed by atoms with Crippen LogP contribution in [-0.4, -0.2) is 47.5 Å². The number of piperazine rings is 1. The topological polar surface area (TPSA) is 48.5 Å². The van der Waals surface area contributed by atoms with Crippen LogP contribution in [0.4, 0.5) is 5.69 Å². The monoisotopic (exact) mass is 432 g/mol. The lowest BCUT2D eigenvalue weighted by Crippen LogP contribution is -2.54. The minimum absolute atomic E-state index is 0.0993. The first-order valence-corrected chi connectivity index (χ1v) is 12.5. The Morgan fingerprint density at radius 2 is 1.78 bits per heavy atom. The average Bonchev–Trinajstić information content (AvgIpc) is 3.43. The number of pyridine rings is 1. The molecule has 3 atom stereocenters. The van der Waals surface area contributed by atoms with Gasteiger partial charge < -0.3 is 10.2 Å². The van der Waals surface area contributed by atoms with Gasteiger partial charge in [-0.2, -0.15) is 0 Å². The molecule has 1 aromatic heterocycles. The molecule has 1 aromatic carbocycles. The van der Waals surface area contributed by atoms with Crippen molar-refractivity contribution >= 4 is 11.6 Å². The van der Waals surface area contributed by atoms with E-state index in [-0.39, 0.29) is 17.9 Å². The fraction of sp³-hybridized carbons (Fsp3) is 0.556. The average molecular weight is 433 g/mol. The maximum absolute atomic E-state index is 12.9. The molecule has 1 saturated carbocycles. The Kier molecular flexibility index (Phi) is 6.44. The molecule has 2 aliphatic heterocycles. The number of amides is 1. The van der Waals surface area contributed by atoms with E-state index in [4.69, 9.17) is 0 Å². The van der Waals surface area contributed by atoms with Gasteiger partial charge >= 0.3 is 0 Å². The Hall–Kier alpha value is -2.40. The van der Waals surface area contributed by atoms with Crippen LogP contribution in [0.25, 0.3) is 0 Å². The number of carbonyl (C=O) groups excluding carboxylic acids is 1. The molecule has 3 aliphatic rings. The lowest BCUT2D eigenvalue weighted by atomic mass is 10.00. The largest absolute Gasteiger partial charge is 0.367 e. The van der Waals surface area contributed by atoms with Gasteiger partial charge in [0.05, 0.1) is 17.9 Å². The number of benzene rings is 1. The maximum atomic E-state index is 12.9. The van der Waals surface area contributed by atoms with Crippen molar-refractivity contribution in [3.8, 4) is 0 Å². The van der Waals surface area contributed by atoms with Crippen LogP contribution in [0.5, 0.6) is 0 Å². The van der Waals surface area contributed by atoms with Crippen molar-refractivity contribution < 1.29 is 4.79 Å². The lowest BCUT2D eigenvalue weighted by Gasteiger charge is -2.43. The Bertz CT molecular complexity index is 897. The Morgan fingerprint density at radius 3 is 2.47 bits per heavy atom. The minimum Gasteiger partial charge on any atom is -0.367 e. The van der Waals surface area contributed by atoms with Gasteiger partial charge in [0.1, 0.15) is 0 Å². The van der Waals surface area contributed by atoms with Crippen molar-refractivity contribution in [1.82, 2.24) is 15.2 Å². The van der Waals surface area contributed by atoms with E-state index in [1.807, 2.05) is 12.4 Å². The van der Waals surface area contributed by atoms with E-state index in [2.05, 4.69) is 63.4 Å². The summed E-state index contributed by atoms with van der Waals surface area (Å²) in [6.45, 7) is 5.38. The third-order valence-electron chi connectivity index (χ3n) is 7.91. The molecule has 0 spiro atoms. The van der Waals surface area contributed by atoms with Crippen LogP contribution in [-0.2, 0) is 4.79 Å². The molecule has 1 amide bonds. The summed E-state index contributed by atoms with van der Waals surface area (Å²) in [5.41, 5.74) is 3.83. The molecule has 5 heteroatoms. The van der Waals surface area contributed by atoms with E-state index in [1.165, 1.54) is 42.5 Å². The molecule has 2 saturated heterocycles. The number of hydrogen-bond donors (Lipinski definition) is 1. The van der Waals surface area contributed by atoms with Crippen LogP contribution in [0, 0.1) is 12.8 Å². The van der Waals surface area contributed by atoms with Gasteiger partial charge in [-0.15, -0.1) is 0 Å². The standard InChI is InChI=1S/C27H36N4O/c1-20-13-15-28-17-26(20)30-18-23-11-12-24(19-30)31(23)16-14-25(21-7-3-2-4-8-21)29-27(32)22-9-5-6-10-22/h2-4,7-8,13,15,17,22-25H,5-6,9-12,14,16,18-19H2,1H3,(H,29,32)/t23-,24+,25-/m0/s1. The summed E-state index contributed by atoms with van der Waals surface area (Å²) in [6.07, 6.45) is 11.9.